The third-order valence-electron chi connectivity index (χ3n) is 6.46. The smallest absolute Gasteiger partial charge is 0.452 e. The standard InChI is InChI=1S/C31H31Cl2F3N2O5/c1-18(2)28(29(40)31(34,35)36)38-30(41)25(15-19-7-9-21(32)10-8-19)37-27(39)17-26(20-5-4-6-22(33)16-20)43-24-13-11-23(42-3)12-14-24/h4-14,16,18,25-26,28H,15,17H2,1-3H3,(H,37,39)(H,38,41). The number of nitrogens with one attached hydrogen (secondary N) is 2. The molecule has 0 saturated heterocycles. The van der Waals surface area contributed by atoms with Crippen molar-refractivity contribution < 1.29 is 37.0 Å². The maximum atomic E-state index is 13.4. The van der Waals surface area contributed by atoms with Gasteiger partial charge in [0.2, 0.25) is 11.8 Å². The number of methoxy groups -OCH3 is 1. The molecule has 0 heterocycles. The van der Waals surface area contributed by atoms with Gasteiger partial charge in [0.25, 0.3) is 5.78 Å². The van der Waals surface area contributed by atoms with E-state index in [1.54, 1.807) is 72.8 Å². The molecule has 0 spiro atoms. The summed E-state index contributed by atoms with van der Waals surface area (Å²) >= 11 is 12.1. The summed E-state index contributed by atoms with van der Waals surface area (Å²) in [6.07, 6.45) is -6.35. The van der Waals surface area contributed by atoms with E-state index in [9.17, 15) is 27.6 Å². The number of alkyl halides is 3. The molecule has 43 heavy (non-hydrogen) atoms. The van der Waals surface area contributed by atoms with Crippen molar-refractivity contribution >= 4 is 40.8 Å². The molecule has 3 aromatic rings. The number of Topliss-reactive ketones (excluding diaryl/α,β-unsaturated/α-hetero) is 1. The highest BCUT2D eigenvalue weighted by Crippen LogP contribution is 2.28. The number of ketones is 1. The second-order valence-electron chi connectivity index (χ2n) is 10.1. The summed E-state index contributed by atoms with van der Waals surface area (Å²) in [6.45, 7) is 2.76. The summed E-state index contributed by atoms with van der Waals surface area (Å²) in [5, 5.41) is 5.65. The van der Waals surface area contributed by atoms with E-state index in [2.05, 4.69) is 10.6 Å². The summed E-state index contributed by atoms with van der Waals surface area (Å²) in [7, 11) is 1.52. The van der Waals surface area contributed by atoms with Gasteiger partial charge in [-0.1, -0.05) is 61.3 Å². The van der Waals surface area contributed by atoms with Gasteiger partial charge in [-0.25, -0.2) is 0 Å². The van der Waals surface area contributed by atoms with Crippen molar-refractivity contribution in [3.63, 3.8) is 0 Å². The molecule has 2 amide bonds. The molecule has 0 radical (unpaired) electrons. The van der Waals surface area contributed by atoms with Crippen molar-refractivity contribution in [2.45, 2.75) is 51.1 Å². The van der Waals surface area contributed by atoms with Crippen molar-refractivity contribution in [3.8, 4) is 11.5 Å². The van der Waals surface area contributed by atoms with E-state index >= 15 is 0 Å². The normalized spacial score (nSPS) is 13.5. The van der Waals surface area contributed by atoms with Gasteiger partial charge in [-0.05, 0) is 65.6 Å². The van der Waals surface area contributed by atoms with E-state index in [0.717, 1.165) is 0 Å². The number of carbonyl (C=O) groups excluding carboxylic acids is 3. The molecule has 0 saturated carbocycles. The minimum Gasteiger partial charge on any atom is -0.497 e. The number of hydrogen-bond acceptors (Lipinski definition) is 5. The van der Waals surface area contributed by atoms with Crippen LogP contribution in [-0.4, -0.2) is 43.0 Å². The van der Waals surface area contributed by atoms with E-state index in [1.807, 2.05) is 0 Å². The van der Waals surface area contributed by atoms with Gasteiger partial charge in [-0.15, -0.1) is 0 Å². The topological polar surface area (TPSA) is 93.7 Å². The molecule has 230 valence electrons. The van der Waals surface area contributed by atoms with Gasteiger partial charge in [-0.3, -0.25) is 14.4 Å². The Balaban J connectivity index is 1.86. The third kappa shape index (κ3) is 10.2. The lowest BCUT2D eigenvalue weighted by Crippen LogP contribution is -2.56. The highest BCUT2D eigenvalue weighted by Gasteiger charge is 2.45. The molecule has 3 aromatic carbocycles. The molecule has 0 aliphatic rings. The van der Waals surface area contributed by atoms with Crippen LogP contribution in [0, 0.1) is 5.92 Å². The monoisotopic (exact) mass is 638 g/mol. The number of ether oxygens (including phenoxy) is 2. The van der Waals surface area contributed by atoms with E-state index in [-0.39, 0.29) is 12.8 Å². The van der Waals surface area contributed by atoms with Crippen molar-refractivity contribution in [3.05, 3.63) is 94.0 Å². The Morgan fingerprint density at radius 2 is 1.49 bits per heavy atom. The summed E-state index contributed by atoms with van der Waals surface area (Å²) in [5.41, 5.74) is 1.15. The lowest BCUT2D eigenvalue weighted by atomic mass is 9.97. The van der Waals surface area contributed by atoms with Crippen LogP contribution in [0.1, 0.15) is 37.5 Å². The van der Waals surface area contributed by atoms with Crippen LogP contribution in [0.15, 0.2) is 72.8 Å². The number of carbonyl (C=O) groups is 3. The summed E-state index contributed by atoms with van der Waals surface area (Å²) < 4.78 is 51.0. The zero-order chi connectivity index (χ0) is 31.7. The first kappa shape index (κ1) is 33.7. The maximum Gasteiger partial charge on any atom is 0.452 e. The van der Waals surface area contributed by atoms with Crippen LogP contribution >= 0.6 is 23.2 Å². The van der Waals surface area contributed by atoms with Gasteiger partial charge >= 0.3 is 6.18 Å². The van der Waals surface area contributed by atoms with Crippen LogP contribution in [0.5, 0.6) is 11.5 Å². The van der Waals surface area contributed by atoms with E-state index in [0.29, 0.717) is 32.7 Å². The first-order chi connectivity index (χ1) is 20.3. The first-order valence-electron chi connectivity index (χ1n) is 13.3. The van der Waals surface area contributed by atoms with Crippen molar-refractivity contribution in [2.24, 2.45) is 5.92 Å². The van der Waals surface area contributed by atoms with Gasteiger partial charge in [0.15, 0.2) is 0 Å². The average Bonchev–Trinajstić information content (AvgIpc) is 2.95. The lowest BCUT2D eigenvalue weighted by molar-refractivity contribution is -0.175. The summed E-state index contributed by atoms with van der Waals surface area (Å²) in [6, 6.07) is 16.7. The van der Waals surface area contributed by atoms with Crippen molar-refractivity contribution in [1.82, 2.24) is 10.6 Å². The van der Waals surface area contributed by atoms with Crippen LogP contribution in [0.2, 0.25) is 10.0 Å². The van der Waals surface area contributed by atoms with Crippen LogP contribution in [0.3, 0.4) is 0 Å². The molecule has 0 aliphatic heterocycles. The number of benzene rings is 3. The second kappa shape index (κ2) is 15.1. The summed E-state index contributed by atoms with van der Waals surface area (Å²) in [4.78, 5) is 38.7. The molecule has 0 fully saturated rings. The van der Waals surface area contributed by atoms with Gasteiger partial charge in [-0.2, -0.15) is 13.2 Å². The largest absolute Gasteiger partial charge is 0.497 e. The second-order valence-corrected chi connectivity index (χ2v) is 11.0. The molecule has 2 N–H and O–H groups in total. The molecule has 7 nitrogen and oxygen atoms in total. The molecule has 0 bridgehead atoms. The molecule has 3 rings (SSSR count). The lowest BCUT2D eigenvalue weighted by Gasteiger charge is -2.26. The average molecular weight is 639 g/mol. The first-order valence-corrected chi connectivity index (χ1v) is 14.0. The fourth-order valence-electron chi connectivity index (χ4n) is 4.21. The van der Waals surface area contributed by atoms with Gasteiger partial charge in [0, 0.05) is 16.5 Å². The Labute approximate surface area is 257 Å². The Morgan fingerprint density at radius 3 is 2.05 bits per heavy atom. The third-order valence-corrected chi connectivity index (χ3v) is 6.95. The van der Waals surface area contributed by atoms with E-state index in [1.165, 1.54) is 21.0 Å². The number of halogens is 5. The fourth-order valence-corrected chi connectivity index (χ4v) is 4.53. The molecule has 0 aliphatic carbocycles. The number of rotatable bonds is 13. The minimum absolute atomic E-state index is 0.0824. The van der Waals surface area contributed by atoms with Gasteiger partial charge in [0.05, 0.1) is 19.6 Å². The van der Waals surface area contributed by atoms with Crippen LogP contribution < -0.4 is 20.1 Å². The van der Waals surface area contributed by atoms with Gasteiger partial charge < -0.3 is 20.1 Å². The molecule has 0 aromatic heterocycles. The maximum absolute atomic E-state index is 13.4. The van der Waals surface area contributed by atoms with Crippen LogP contribution in [-0.2, 0) is 20.8 Å². The van der Waals surface area contributed by atoms with Crippen molar-refractivity contribution in [1.29, 1.82) is 0 Å². The molecule has 3 atom stereocenters. The van der Waals surface area contributed by atoms with E-state index < -0.39 is 47.9 Å². The summed E-state index contributed by atoms with van der Waals surface area (Å²) in [5.74, 6) is -3.49. The van der Waals surface area contributed by atoms with Crippen LogP contribution in [0.4, 0.5) is 13.2 Å². The molecular weight excluding hydrogens is 608 g/mol. The fraction of sp³-hybridized carbons (Fsp3) is 0.323. The SMILES string of the molecule is COc1ccc(OC(CC(=O)NC(Cc2ccc(Cl)cc2)C(=O)NC(C(=O)C(F)(F)F)C(C)C)c2cccc(Cl)c2)cc1. The van der Waals surface area contributed by atoms with E-state index in [4.69, 9.17) is 32.7 Å². The minimum atomic E-state index is -5.15. The predicted molar refractivity (Wildman–Crippen MR) is 157 cm³/mol. The Morgan fingerprint density at radius 1 is 0.860 bits per heavy atom. The van der Waals surface area contributed by atoms with Gasteiger partial charge in [0.1, 0.15) is 23.6 Å². The predicted octanol–water partition coefficient (Wildman–Crippen LogP) is 6.51. The number of amides is 2. The Hall–Kier alpha value is -3.76. The van der Waals surface area contributed by atoms with Crippen LogP contribution in [0.25, 0.3) is 0 Å². The van der Waals surface area contributed by atoms with Crippen molar-refractivity contribution in [2.75, 3.05) is 7.11 Å². The zero-order valence-electron chi connectivity index (χ0n) is 23.6. The molecule has 3 unspecified atom stereocenters. The quantitative estimate of drug-likeness (QED) is 0.223. The zero-order valence-corrected chi connectivity index (χ0v) is 25.1. The molecular formula is C31H31Cl2F3N2O5. The number of hydrogen-bond donors (Lipinski definition) is 2. The highest BCUT2D eigenvalue weighted by atomic mass is 35.5. The Bertz CT molecular complexity index is 1400. The Kier molecular flexibility index (Phi) is 11.9. The highest BCUT2D eigenvalue weighted by molar-refractivity contribution is 6.30. The molecule has 12 heteroatoms.